The van der Waals surface area contributed by atoms with E-state index in [2.05, 4.69) is 15.6 Å². The average molecular weight is 279 g/mol. The maximum atomic E-state index is 11.6. The monoisotopic (exact) mass is 279 g/mol. The number of anilines is 1. The van der Waals surface area contributed by atoms with Gasteiger partial charge in [0.2, 0.25) is 5.91 Å². The van der Waals surface area contributed by atoms with Gasteiger partial charge in [-0.15, -0.1) is 0 Å². The van der Waals surface area contributed by atoms with Gasteiger partial charge in [0.15, 0.2) is 0 Å². The molecule has 0 aliphatic carbocycles. The van der Waals surface area contributed by atoms with Gasteiger partial charge in [0, 0.05) is 19.5 Å². The lowest BCUT2D eigenvalue weighted by Gasteiger charge is -2.15. The molecule has 2 heterocycles. The summed E-state index contributed by atoms with van der Waals surface area (Å²) in [6, 6.07) is 3.92. The molecule has 0 aromatic carbocycles. The van der Waals surface area contributed by atoms with Gasteiger partial charge in [-0.3, -0.25) is 4.79 Å². The normalized spacial score (nSPS) is 16.8. The topological polar surface area (TPSA) is 94.5 Å². The Bertz CT molecular complexity index is 465. The number of aliphatic hydroxyl groups is 2. The van der Waals surface area contributed by atoms with Crippen molar-refractivity contribution in [3.63, 3.8) is 0 Å². The fourth-order valence-electron chi connectivity index (χ4n) is 2.16. The van der Waals surface area contributed by atoms with Crippen molar-refractivity contribution < 1.29 is 15.0 Å². The summed E-state index contributed by atoms with van der Waals surface area (Å²) in [5.41, 5.74) is 1.87. The number of pyridine rings is 1. The summed E-state index contributed by atoms with van der Waals surface area (Å²) < 4.78 is 0. The van der Waals surface area contributed by atoms with Crippen LogP contribution >= 0.6 is 0 Å². The Morgan fingerprint density at radius 2 is 2.15 bits per heavy atom. The summed E-state index contributed by atoms with van der Waals surface area (Å²) in [7, 11) is 0. The molecule has 1 aliphatic heterocycles. The van der Waals surface area contributed by atoms with Gasteiger partial charge < -0.3 is 20.8 Å². The number of aryl methyl sites for hydroxylation is 1. The van der Waals surface area contributed by atoms with E-state index < -0.39 is 6.10 Å². The van der Waals surface area contributed by atoms with Crippen molar-refractivity contribution >= 4 is 11.7 Å². The minimum absolute atomic E-state index is 0.0132. The van der Waals surface area contributed by atoms with E-state index >= 15 is 0 Å². The van der Waals surface area contributed by atoms with Gasteiger partial charge in [-0.25, -0.2) is 4.98 Å². The molecular weight excluding hydrogens is 258 g/mol. The second-order valence-electron chi connectivity index (χ2n) is 5.03. The molecule has 0 bridgehead atoms. The van der Waals surface area contributed by atoms with Crippen LogP contribution in [-0.2, 0) is 17.8 Å². The average Bonchev–Trinajstić information content (AvgIpc) is 2.42. The zero-order chi connectivity index (χ0) is 14.4. The van der Waals surface area contributed by atoms with E-state index in [1.807, 2.05) is 12.1 Å². The Balaban J connectivity index is 2.00. The van der Waals surface area contributed by atoms with Crippen molar-refractivity contribution in [3.8, 4) is 0 Å². The third-order valence-electron chi connectivity index (χ3n) is 3.29. The minimum Gasteiger partial charge on any atom is -0.394 e. The molecule has 0 saturated carbocycles. The number of hydrogen-bond acceptors (Lipinski definition) is 5. The van der Waals surface area contributed by atoms with Crippen LogP contribution in [0, 0.1) is 0 Å². The summed E-state index contributed by atoms with van der Waals surface area (Å²) in [4.78, 5) is 16.1. The fourth-order valence-corrected chi connectivity index (χ4v) is 2.16. The molecule has 6 nitrogen and oxygen atoms in total. The van der Waals surface area contributed by atoms with Crippen LogP contribution < -0.4 is 10.6 Å². The van der Waals surface area contributed by atoms with Gasteiger partial charge in [0.05, 0.1) is 18.4 Å². The van der Waals surface area contributed by atoms with E-state index in [0.29, 0.717) is 25.3 Å². The van der Waals surface area contributed by atoms with E-state index in [9.17, 15) is 9.90 Å². The van der Waals surface area contributed by atoms with Crippen molar-refractivity contribution in [2.24, 2.45) is 0 Å². The molecule has 6 heteroatoms. The second kappa shape index (κ2) is 7.33. The first-order chi connectivity index (χ1) is 9.69. The highest BCUT2D eigenvalue weighted by Gasteiger charge is 2.13. The highest BCUT2D eigenvalue weighted by atomic mass is 16.3. The number of carbonyl (C=O) groups excluding carboxylic acids is 1. The van der Waals surface area contributed by atoms with E-state index in [-0.39, 0.29) is 12.5 Å². The molecule has 1 unspecified atom stereocenters. The van der Waals surface area contributed by atoms with Crippen LogP contribution in [0.25, 0.3) is 0 Å². The fraction of sp³-hybridized carbons (Fsp3) is 0.571. The van der Waals surface area contributed by atoms with E-state index in [1.54, 1.807) is 0 Å². The number of rotatable bonds is 5. The van der Waals surface area contributed by atoms with Crippen molar-refractivity contribution in [1.29, 1.82) is 0 Å². The minimum atomic E-state index is -0.765. The van der Waals surface area contributed by atoms with Crippen LogP contribution in [0.3, 0.4) is 0 Å². The highest BCUT2D eigenvalue weighted by molar-refractivity contribution is 5.90. The highest BCUT2D eigenvalue weighted by Crippen LogP contribution is 2.20. The number of nitrogens with one attached hydrogen (secondary N) is 2. The van der Waals surface area contributed by atoms with Crippen molar-refractivity contribution in [3.05, 3.63) is 23.4 Å². The molecular formula is C14H21N3O3. The molecule has 110 valence electrons. The van der Waals surface area contributed by atoms with Gasteiger partial charge in [0.25, 0.3) is 0 Å². The van der Waals surface area contributed by atoms with Gasteiger partial charge in [0.1, 0.15) is 5.82 Å². The van der Waals surface area contributed by atoms with Crippen LogP contribution in [0.5, 0.6) is 0 Å². The van der Waals surface area contributed by atoms with E-state index in [0.717, 1.165) is 30.5 Å². The molecule has 1 amide bonds. The molecule has 2 rings (SSSR count). The Morgan fingerprint density at radius 1 is 1.35 bits per heavy atom. The predicted molar refractivity (Wildman–Crippen MR) is 75.2 cm³/mol. The van der Waals surface area contributed by atoms with E-state index in [1.165, 1.54) is 0 Å². The molecule has 1 aromatic rings. The molecule has 1 aliphatic rings. The van der Waals surface area contributed by atoms with Crippen LogP contribution in [0.15, 0.2) is 12.1 Å². The summed E-state index contributed by atoms with van der Waals surface area (Å²) in [6.07, 6.45) is 2.63. The molecule has 0 radical (unpaired) electrons. The number of hydrogen-bond donors (Lipinski definition) is 4. The second-order valence-corrected chi connectivity index (χ2v) is 5.03. The maximum absolute atomic E-state index is 11.6. The van der Waals surface area contributed by atoms with Gasteiger partial charge in [-0.05, 0) is 30.9 Å². The van der Waals surface area contributed by atoms with Crippen molar-refractivity contribution in [2.45, 2.75) is 38.3 Å². The number of carbonyl (C=O) groups is 1. The van der Waals surface area contributed by atoms with Crippen LogP contribution in [0.4, 0.5) is 5.82 Å². The number of aromatic nitrogens is 1. The quantitative estimate of drug-likeness (QED) is 0.617. The largest absolute Gasteiger partial charge is 0.394 e. The molecule has 20 heavy (non-hydrogen) atoms. The molecule has 0 saturated heterocycles. The summed E-state index contributed by atoms with van der Waals surface area (Å²) in [5, 5.41) is 23.8. The number of aliphatic hydroxyl groups excluding tert-OH is 2. The Morgan fingerprint density at radius 3 is 2.95 bits per heavy atom. The predicted octanol–water partition coefficient (Wildman–Crippen LogP) is 0.189. The lowest BCUT2D eigenvalue weighted by Crippen LogP contribution is -2.29. The standard InChI is InChI=1S/C14H21N3O3/c18-9-12(19)8-15-7-11-6-5-10-3-1-2-4-13(20)17-14(10)16-11/h5-6,12,15,18-19H,1-4,7-9H2,(H,16,17,20). The molecule has 0 fully saturated rings. The van der Waals surface area contributed by atoms with Gasteiger partial charge >= 0.3 is 0 Å². The smallest absolute Gasteiger partial charge is 0.225 e. The van der Waals surface area contributed by atoms with E-state index in [4.69, 9.17) is 5.11 Å². The van der Waals surface area contributed by atoms with Crippen molar-refractivity contribution in [2.75, 3.05) is 18.5 Å². The van der Waals surface area contributed by atoms with Crippen LogP contribution in [0.2, 0.25) is 0 Å². The Kier molecular flexibility index (Phi) is 5.46. The van der Waals surface area contributed by atoms with Crippen molar-refractivity contribution in [1.82, 2.24) is 10.3 Å². The SMILES string of the molecule is O=C1CCCCc2ccc(CNCC(O)CO)nc2N1. The molecule has 1 aromatic heterocycles. The molecule has 0 spiro atoms. The summed E-state index contributed by atoms with van der Waals surface area (Å²) in [6.45, 7) is 0.530. The van der Waals surface area contributed by atoms with Crippen LogP contribution in [0.1, 0.15) is 30.5 Å². The lowest BCUT2D eigenvalue weighted by atomic mass is 10.0. The maximum Gasteiger partial charge on any atom is 0.225 e. The lowest BCUT2D eigenvalue weighted by molar-refractivity contribution is -0.116. The van der Waals surface area contributed by atoms with Gasteiger partial charge in [-0.1, -0.05) is 6.07 Å². The van der Waals surface area contributed by atoms with Gasteiger partial charge in [-0.2, -0.15) is 0 Å². The first kappa shape index (κ1) is 14.9. The third-order valence-corrected chi connectivity index (χ3v) is 3.29. The first-order valence-electron chi connectivity index (χ1n) is 6.97. The summed E-state index contributed by atoms with van der Waals surface area (Å²) >= 11 is 0. The molecule has 1 atom stereocenters. The zero-order valence-electron chi connectivity index (χ0n) is 11.4. The Labute approximate surface area is 118 Å². The number of amides is 1. The molecule has 4 N–H and O–H groups in total. The first-order valence-corrected chi connectivity index (χ1v) is 6.97. The van der Waals surface area contributed by atoms with Crippen LogP contribution in [-0.4, -0.2) is 40.4 Å². The Hall–Kier alpha value is -1.50. The third kappa shape index (κ3) is 4.26. The number of fused-ring (bicyclic) bond motifs is 1. The summed E-state index contributed by atoms with van der Waals surface area (Å²) in [5.74, 6) is 0.663. The zero-order valence-corrected chi connectivity index (χ0v) is 11.4. The number of nitrogens with zero attached hydrogens (tertiary/aromatic N) is 1.